The largest absolute Gasteiger partial charge is 0.487 e. The molecule has 2 aromatic heterocycles. The first kappa shape index (κ1) is 21.1. The summed E-state index contributed by atoms with van der Waals surface area (Å²) in [6, 6.07) is -0.268. The first-order valence-corrected chi connectivity index (χ1v) is 9.76. The van der Waals surface area contributed by atoms with Crippen molar-refractivity contribution in [2.24, 2.45) is 0 Å². The minimum Gasteiger partial charge on any atom is -0.487 e. The predicted molar refractivity (Wildman–Crippen MR) is 106 cm³/mol. The van der Waals surface area contributed by atoms with Gasteiger partial charge in [-0.25, -0.2) is 15.0 Å². The number of rotatable bonds is 4. The number of hydrogen-bond donors (Lipinski definition) is 1. The van der Waals surface area contributed by atoms with Crippen molar-refractivity contribution < 1.29 is 22.7 Å². The topological polar surface area (TPSA) is 96.4 Å². The normalized spacial score (nSPS) is 23.3. The molecule has 1 atom stereocenters. The van der Waals surface area contributed by atoms with Gasteiger partial charge in [-0.05, 0) is 13.8 Å². The van der Waals surface area contributed by atoms with E-state index in [2.05, 4.69) is 25.3 Å². The summed E-state index contributed by atoms with van der Waals surface area (Å²) in [4.78, 5) is 31.4. The molecule has 0 radical (unpaired) electrons. The van der Waals surface area contributed by atoms with E-state index in [1.807, 2.05) is 25.8 Å². The molecule has 0 aromatic carbocycles. The van der Waals surface area contributed by atoms with Crippen LogP contribution in [0.2, 0.25) is 0 Å². The number of ether oxygens (including phenoxy) is 1. The molecular weight excluding hydrogens is 415 g/mol. The van der Waals surface area contributed by atoms with Crippen LogP contribution < -0.4 is 19.9 Å². The third-order valence-electron chi connectivity index (χ3n) is 5.59. The second-order valence-corrected chi connectivity index (χ2v) is 7.78. The van der Waals surface area contributed by atoms with Crippen LogP contribution in [0.3, 0.4) is 0 Å². The number of amides is 1. The zero-order valence-corrected chi connectivity index (χ0v) is 17.4. The van der Waals surface area contributed by atoms with E-state index in [0.717, 1.165) is 12.4 Å². The van der Waals surface area contributed by atoms with Crippen molar-refractivity contribution in [1.82, 2.24) is 19.9 Å². The Labute approximate surface area is 176 Å². The van der Waals surface area contributed by atoms with Crippen LogP contribution >= 0.6 is 0 Å². The highest BCUT2D eigenvalue weighted by Crippen LogP contribution is 2.36. The maximum Gasteiger partial charge on any atom is 0.451 e. The fourth-order valence-electron chi connectivity index (χ4n) is 3.67. The van der Waals surface area contributed by atoms with Crippen LogP contribution in [0.1, 0.15) is 31.3 Å². The second-order valence-electron chi connectivity index (χ2n) is 7.78. The van der Waals surface area contributed by atoms with Gasteiger partial charge in [0.25, 0.3) is 0 Å². The van der Waals surface area contributed by atoms with Crippen molar-refractivity contribution in [3.63, 3.8) is 0 Å². The molecule has 1 amide bonds. The Bertz CT molecular complexity index is 993. The summed E-state index contributed by atoms with van der Waals surface area (Å²) in [5.74, 6) is 0.117. The molecule has 3 heterocycles. The van der Waals surface area contributed by atoms with Gasteiger partial charge in [0.1, 0.15) is 17.8 Å². The van der Waals surface area contributed by atoms with Crippen LogP contribution in [0.4, 0.5) is 30.6 Å². The van der Waals surface area contributed by atoms with E-state index in [1.54, 1.807) is 11.9 Å². The van der Waals surface area contributed by atoms with E-state index in [0.29, 0.717) is 36.0 Å². The summed E-state index contributed by atoms with van der Waals surface area (Å²) in [6.07, 6.45) is -1.42. The van der Waals surface area contributed by atoms with Gasteiger partial charge in [0.15, 0.2) is 11.6 Å². The van der Waals surface area contributed by atoms with Gasteiger partial charge in [0.2, 0.25) is 17.7 Å². The molecule has 4 rings (SSSR count). The summed E-state index contributed by atoms with van der Waals surface area (Å²) in [6.45, 7) is 3.65. The number of halogens is 3. The third-order valence-corrected chi connectivity index (χ3v) is 5.59. The second kappa shape index (κ2) is 7.50. The zero-order chi connectivity index (χ0) is 22.5. The Morgan fingerprint density at radius 3 is 2.42 bits per heavy atom. The lowest BCUT2D eigenvalue weighted by molar-refractivity contribution is -0.145. The van der Waals surface area contributed by atoms with E-state index in [1.165, 1.54) is 0 Å². The molecule has 0 spiro atoms. The van der Waals surface area contributed by atoms with Crippen molar-refractivity contribution >= 4 is 23.4 Å². The first-order valence-electron chi connectivity index (χ1n) is 9.76. The zero-order valence-electron chi connectivity index (χ0n) is 17.4. The summed E-state index contributed by atoms with van der Waals surface area (Å²) >= 11 is 0. The molecule has 12 heteroatoms. The number of nitrogens with one attached hydrogen (secondary N) is 1. The maximum absolute atomic E-state index is 12.5. The lowest BCUT2D eigenvalue weighted by Gasteiger charge is -2.38. The number of carbonyl (C=O) groups is 1. The smallest absolute Gasteiger partial charge is 0.451 e. The van der Waals surface area contributed by atoms with Gasteiger partial charge in [-0.2, -0.15) is 18.2 Å². The van der Waals surface area contributed by atoms with Crippen molar-refractivity contribution in [2.75, 3.05) is 29.2 Å². The molecule has 31 heavy (non-hydrogen) atoms. The van der Waals surface area contributed by atoms with Gasteiger partial charge in [-0.1, -0.05) is 0 Å². The van der Waals surface area contributed by atoms with E-state index in [9.17, 15) is 18.0 Å². The summed E-state index contributed by atoms with van der Waals surface area (Å²) in [5.41, 5.74) is 1.38. The molecule has 1 fully saturated rings. The number of nitrogens with zero attached hydrogens (tertiary/aromatic N) is 6. The molecule has 0 bridgehead atoms. The Morgan fingerprint density at radius 2 is 1.81 bits per heavy atom. The lowest BCUT2D eigenvalue weighted by atomic mass is 9.89. The Morgan fingerprint density at radius 1 is 1.16 bits per heavy atom. The number of anilines is 3. The number of hydrogen-bond acceptors (Lipinski definition) is 8. The number of alkyl halides is 3. The van der Waals surface area contributed by atoms with Gasteiger partial charge in [-0.3, -0.25) is 4.79 Å². The number of carbonyl (C=O) groups excluding carboxylic acids is 1. The molecule has 0 unspecified atom stereocenters. The van der Waals surface area contributed by atoms with Gasteiger partial charge in [0.05, 0.1) is 18.1 Å². The molecule has 1 N–H and O–H groups in total. The predicted octanol–water partition coefficient (Wildman–Crippen LogP) is 2.42. The average molecular weight is 437 g/mol. The average Bonchev–Trinajstić information content (AvgIpc) is 2.68. The van der Waals surface area contributed by atoms with E-state index >= 15 is 0 Å². The molecule has 9 nitrogen and oxygen atoms in total. The quantitative estimate of drug-likeness (QED) is 0.779. The fourth-order valence-corrected chi connectivity index (χ4v) is 3.67. The number of aromatic nitrogens is 4. The highest BCUT2D eigenvalue weighted by molar-refractivity contribution is 6.04. The van der Waals surface area contributed by atoms with Gasteiger partial charge in [-0.15, -0.1) is 0 Å². The van der Waals surface area contributed by atoms with Crippen molar-refractivity contribution in [3.8, 4) is 5.75 Å². The Hall–Kier alpha value is -3.18. The molecule has 166 valence electrons. The molecule has 2 aliphatic rings. The van der Waals surface area contributed by atoms with Crippen molar-refractivity contribution in [1.29, 1.82) is 0 Å². The summed E-state index contributed by atoms with van der Waals surface area (Å²) in [7, 11) is 3.54. The van der Waals surface area contributed by atoms with Crippen LogP contribution in [0.5, 0.6) is 5.75 Å². The highest BCUT2D eigenvalue weighted by Gasteiger charge is 2.37. The van der Waals surface area contributed by atoms with Crippen molar-refractivity contribution in [3.05, 3.63) is 23.9 Å². The van der Waals surface area contributed by atoms with E-state index in [-0.39, 0.29) is 29.8 Å². The standard InChI is InChI=1S/C19H22F3N7O2/c1-9-14-15(28(3)10(2)16(30)29(14)4)27-18(25-9)26-11-5-12(6-11)31-13-7-23-17(24-8-13)19(20,21)22/h7-8,10-12H,5-6H2,1-4H3,(H,25,26,27)/t10-,11?,12?/m0/s1. The highest BCUT2D eigenvalue weighted by atomic mass is 19.4. The van der Waals surface area contributed by atoms with Crippen molar-refractivity contribution in [2.45, 2.75) is 51.1 Å². The lowest BCUT2D eigenvalue weighted by Crippen LogP contribution is -2.50. The van der Waals surface area contributed by atoms with Gasteiger partial charge < -0.3 is 19.9 Å². The fraction of sp³-hybridized carbons (Fsp3) is 0.526. The molecule has 1 aliphatic heterocycles. The minimum atomic E-state index is -4.58. The molecule has 2 aromatic rings. The third kappa shape index (κ3) is 3.93. The summed E-state index contributed by atoms with van der Waals surface area (Å²) < 4.78 is 43.2. The monoisotopic (exact) mass is 437 g/mol. The first-order chi connectivity index (χ1) is 14.5. The molecule has 1 saturated carbocycles. The minimum absolute atomic E-state index is 0.0198. The maximum atomic E-state index is 12.5. The Balaban J connectivity index is 1.38. The molecular formula is C19H22F3N7O2. The van der Waals surface area contributed by atoms with Gasteiger partial charge in [0, 0.05) is 33.0 Å². The summed E-state index contributed by atoms with van der Waals surface area (Å²) in [5, 5.41) is 3.26. The van der Waals surface area contributed by atoms with Crippen LogP contribution in [0.15, 0.2) is 12.4 Å². The van der Waals surface area contributed by atoms with Gasteiger partial charge >= 0.3 is 6.18 Å². The molecule has 1 aliphatic carbocycles. The van der Waals surface area contributed by atoms with E-state index < -0.39 is 12.0 Å². The van der Waals surface area contributed by atoms with Crippen LogP contribution in [-0.2, 0) is 11.0 Å². The number of fused-ring (bicyclic) bond motifs is 1. The van der Waals surface area contributed by atoms with Crippen LogP contribution in [-0.4, -0.2) is 58.1 Å². The number of aryl methyl sites for hydroxylation is 1. The number of likely N-dealkylation sites (N-methyl/N-ethyl adjacent to an activating group) is 2. The van der Waals surface area contributed by atoms with Crippen LogP contribution in [0.25, 0.3) is 0 Å². The molecule has 0 saturated heterocycles. The SMILES string of the molecule is Cc1nc(NC2CC(Oc3cnc(C(F)(F)F)nc3)C2)nc2c1N(C)C(=O)[C@H](C)N2C. The van der Waals surface area contributed by atoms with Crippen LogP contribution in [0, 0.1) is 6.92 Å². The Kier molecular flexibility index (Phi) is 5.10. The van der Waals surface area contributed by atoms with E-state index in [4.69, 9.17) is 4.74 Å².